The third-order valence-corrected chi connectivity index (χ3v) is 2.07. The van der Waals surface area contributed by atoms with E-state index in [9.17, 15) is 4.39 Å². The molecule has 1 unspecified atom stereocenters. The summed E-state index contributed by atoms with van der Waals surface area (Å²) in [5, 5.41) is 3.16. The second kappa shape index (κ2) is 4.84. The highest BCUT2D eigenvalue weighted by atomic mass is 79.9. The molecule has 13 heavy (non-hydrogen) atoms. The molecule has 1 rings (SSSR count). The summed E-state index contributed by atoms with van der Waals surface area (Å²) in [6, 6.07) is 6.80. The van der Waals surface area contributed by atoms with Crippen LogP contribution in [0.25, 0.3) is 10.4 Å². The molecule has 1 aromatic carbocycles. The van der Waals surface area contributed by atoms with Gasteiger partial charge >= 0.3 is 0 Å². The number of benzene rings is 1. The van der Waals surface area contributed by atoms with E-state index in [0.717, 1.165) is 4.47 Å². The van der Waals surface area contributed by atoms with E-state index in [4.69, 9.17) is 5.53 Å². The summed E-state index contributed by atoms with van der Waals surface area (Å²) in [5.74, 6) is 0. The lowest BCUT2D eigenvalue weighted by Gasteiger charge is -2.03. The molecule has 0 bridgehead atoms. The maximum atomic E-state index is 13.2. The van der Waals surface area contributed by atoms with Crippen LogP contribution in [0.15, 0.2) is 33.9 Å². The zero-order valence-corrected chi connectivity index (χ0v) is 8.28. The minimum Gasteiger partial charge on any atom is -0.242 e. The van der Waals surface area contributed by atoms with E-state index in [0.29, 0.717) is 5.56 Å². The van der Waals surface area contributed by atoms with E-state index in [1.165, 1.54) is 0 Å². The largest absolute Gasteiger partial charge is 0.242 e. The number of hydrogen-bond acceptors (Lipinski definition) is 1. The van der Waals surface area contributed by atoms with E-state index in [2.05, 4.69) is 26.0 Å². The van der Waals surface area contributed by atoms with E-state index >= 15 is 0 Å². The molecular formula is C8H7BrFN3. The average molecular weight is 244 g/mol. The van der Waals surface area contributed by atoms with Gasteiger partial charge < -0.3 is 0 Å². The van der Waals surface area contributed by atoms with E-state index in [1.54, 1.807) is 24.3 Å². The number of rotatable bonds is 3. The first-order chi connectivity index (χ1) is 6.24. The number of hydrogen-bond donors (Lipinski definition) is 0. The zero-order valence-electron chi connectivity index (χ0n) is 6.69. The van der Waals surface area contributed by atoms with Gasteiger partial charge in [0.15, 0.2) is 0 Å². The molecule has 0 spiro atoms. The van der Waals surface area contributed by atoms with Crippen molar-refractivity contribution in [2.24, 2.45) is 5.11 Å². The Hall–Kier alpha value is -1.06. The van der Waals surface area contributed by atoms with Crippen molar-refractivity contribution in [1.29, 1.82) is 0 Å². The molecule has 0 aliphatic rings. The summed E-state index contributed by atoms with van der Waals surface area (Å²) in [7, 11) is 0. The Morgan fingerprint density at radius 1 is 1.46 bits per heavy atom. The summed E-state index contributed by atoms with van der Waals surface area (Å²) in [4.78, 5) is 2.49. The number of alkyl halides is 1. The molecule has 0 aliphatic carbocycles. The molecule has 0 heterocycles. The van der Waals surface area contributed by atoms with Gasteiger partial charge in [-0.1, -0.05) is 33.2 Å². The Bertz CT molecular complexity index is 319. The van der Waals surface area contributed by atoms with Crippen LogP contribution in [0.2, 0.25) is 0 Å². The highest BCUT2D eigenvalue weighted by Gasteiger charge is 2.07. The molecule has 0 N–H and O–H groups in total. The Morgan fingerprint density at radius 2 is 2.08 bits per heavy atom. The highest BCUT2D eigenvalue weighted by Crippen LogP contribution is 2.20. The topological polar surface area (TPSA) is 48.8 Å². The molecule has 5 heteroatoms. The fourth-order valence-corrected chi connectivity index (χ4v) is 1.15. The molecule has 0 saturated heterocycles. The maximum Gasteiger partial charge on any atom is 0.131 e. The van der Waals surface area contributed by atoms with Crippen LogP contribution >= 0.6 is 15.9 Å². The second-order valence-corrected chi connectivity index (χ2v) is 3.35. The van der Waals surface area contributed by atoms with Crippen LogP contribution in [-0.2, 0) is 0 Å². The van der Waals surface area contributed by atoms with Gasteiger partial charge in [0.1, 0.15) is 6.17 Å². The van der Waals surface area contributed by atoms with Crippen LogP contribution in [0.5, 0.6) is 0 Å². The quantitative estimate of drug-likeness (QED) is 0.441. The predicted molar refractivity (Wildman–Crippen MR) is 52.0 cm³/mol. The molecule has 0 radical (unpaired) electrons. The normalized spacial score (nSPS) is 11.8. The van der Waals surface area contributed by atoms with Crippen molar-refractivity contribution < 1.29 is 4.39 Å². The fraction of sp³-hybridized carbons (Fsp3) is 0.250. The number of halogens is 2. The molecule has 1 aromatic rings. The lowest BCUT2D eigenvalue weighted by molar-refractivity contribution is 0.352. The lowest BCUT2D eigenvalue weighted by Crippen LogP contribution is -1.94. The van der Waals surface area contributed by atoms with E-state index in [1.807, 2.05) is 0 Å². The van der Waals surface area contributed by atoms with Crippen molar-refractivity contribution in [1.82, 2.24) is 0 Å². The molecule has 0 fully saturated rings. The summed E-state index contributed by atoms with van der Waals surface area (Å²) >= 11 is 3.24. The van der Waals surface area contributed by atoms with Crippen molar-refractivity contribution >= 4 is 15.9 Å². The van der Waals surface area contributed by atoms with Gasteiger partial charge in [-0.2, -0.15) is 0 Å². The van der Waals surface area contributed by atoms with Crippen LogP contribution in [0.4, 0.5) is 4.39 Å². The fourth-order valence-electron chi connectivity index (χ4n) is 0.885. The van der Waals surface area contributed by atoms with Crippen LogP contribution in [0.3, 0.4) is 0 Å². The van der Waals surface area contributed by atoms with Gasteiger partial charge in [-0.05, 0) is 23.2 Å². The van der Waals surface area contributed by atoms with Crippen molar-refractivity contribution in [3.63, 3.8) is 0 Å². The van der Waals surface area contributed by atoms with Crippen molar-refractivity contribution in [2.45, 2.75) is 6.17 Å². The molecule has 3 nitrogen and oxygen atoms in total. The molecule has 0 aliphatic heterocycles. The smallest absolute Gasteiger partial charge is 0.131 e. The molecule has 68 valence electrons. The Kier molecular flexibility index (Phi) is 3.73. The van der Waals surface area contributed by atoms with Gasteiger partial charge in [-0.25, -0.2) is 4.39 Å². The molecule has 0 aromatic heterocycles. The minimum atomic E-state index is -1.22. The maximum absolute atomic E-state index is 13.2. The average Bonchev–Trinajstić information content (AvgIpc) is 2.15. The molecule has 1 atom stereocenters. The first-order valence-electron chi connectivity index (χ1n) is 3.64. The number of nitrogens with zero attached hydrogens (tertiary/aromatic N) is 3. The molecule has 0 amide bonds. The van der Waals surface area contributed by atoms with Crippen molar-refractivity contribution in [3.8, 4) is 0 Å². The van der Waals surface area contributed by atoms with Gasteiger partial charge in [0, 0.05) is 9.38 Å². The van der Waals surface area contributed by atoms with E-state index < -0.39 is 6.17 Å². The van der Waals surface area contributed by atoms with E-state index in [-0.39, 0.29) is 6.54 Å². The van der Waals surface area contributed by atoms with Gasteiger partial charge in [0.25, 0.3) is 0 Å². The van der Waals surface area contributed by atoms with Gasteiger partial charge in [-0.15, -0.1) is 0 Å². The summed E-state index contributed by atoms with van der Waals surface area (Å²) in [5.41, 5.74) is 8.51. The van der Waals surface area contributed by atoms with Gasteiger partial charge in [-0.3, -0.25) is 0 Å². The zero-order chi connectivity index (χ0) is 9.68. The third-order valence-electron chi connectivity index (χ3n) is 1.54. The monoisotopic (exact) mass is 243 g/mol. The van der Waals surface area contributed by atoms with Crippen LogP contribution in [0, 0.1) is 0 Å². The van der Waals surface area contributed by atoms with Crippen LogP contribution in [-0.4, -0.2) is 6.54 Å². The summed E-state index contributed by atoms with van der Waals surface area (Å²) in [6.45, 7) is -0.155. The first kappa shape index (κ1) is 10.0. The predicted octanol–water partition coefficient (Wildman–Crippen LogP) is 3.77. The summed E-state index contributed by atoms with van der Waals surface area (Å²) in [6.07, 6.45) is -1.22. The van der Waals surface area contributed by atoms with Crippen LogP contribution < -0.4 is 0 Å². The Balaban J connectivity index is 2.71. The lowest BCUT2D eigenvalue weighted by atomic mass is 10.1. The highest BCUT2D eigenvalue weighted by molar-refractivity contribution is 9.10. The third kappa shape index (κ3) is 3.05. The standard InChI is InChI=1S/C8H7BrFN3/c9-7-3-1-6(2-4-7)8(10)5-12-13-11/h1-4,8H,5H2. The van der Waals surface area contributed by atoms with Crippen molar-refractivity contribution in [3.05, 3.63) is 44.7 Å². The molecule has 0 saturated carbocycles. The van der Waals surface area contributed by atoms with Gasteiger partial charge in [0.2, 0.25) is 0 Å². The van der Waals surface area contributed by atoms with Crippen molar-refractivity contribution in [2.75, 3.05) is 6.54 Å². The first-order valence-corrected chi connectivity index (χ1v) is 4.43. The minimum absolute atomic E-state index is 0.155. The summed E-state index contributed by atoms with van der Waals surface area (Å²) < 4.78 is 14.1. The SMILES string of the molecule is [N-]=[N+]=NCC(F)c1ccc(Br)cc1. The Labute approximate surface area is 83.3 Å². The Morgan fingerprint density at radius 3 is 2.62 bits per heavy atom. The number of azide groups is 1. The van der Waals surface area contributed by atoms with Crippen LogP contribution in [0.1, 0.15) is 11.7 Å². The molecular weight excluding hydrogens is 237 g/mol. The van der Waals surface area contributed by atoms with Gasteiger partial charge in [0.05, 0.1) is 6.54 Å². The second-order valence-electron chi connectivity index (χ2n) is 2.43.